The quantitative estimate of drug-likeness (QED) is 0.766. The Labute approximate surface area is 111 Å². The number of aldehydes is 1. The summed E-state index contributed by atoms with van der Waals surface area (Å²) in [5.41, 5.74) is 0.508. The zero-order chi connectivity index (χ0) is 13.8. The summed E-state index contributed by atoms with van der Waals surface area (Å²) < 4.78 is 24.3. The molecule has 3 nitrogen and oxygen atoms in total. The van der Waals surface area contributed by atoms with Gasteiger partial charge in [0, 0.05) is 0 Å². The molecule has 0 saturated carbocycles. The summed E-state index contributed by atoms with van der Waals surface area (Å²) >= 11 is 0. The molecule has 4 heteroatoms. The highest BCUT2D eigenvalue weighted by atomic mass is 19.1. The van der Waals surface area contributed by atoms with Crippen LogP contribution in [0.3, 0.4) is 0 Å². The highest BCUT2D eigenvalue weighted by Crippen LogP contribution is 2.32. The molecule has 100 valence electrons. The number of benzene rings is 1. The average molecular weight is 262 g/mol. The monoisotopic (exact) mass is 262 g/mol. The van der Waals surface area contributed by atoms with Crippen LogP contribution in [-0.4, -0.2) is 12.9 Å². The molecule has 1 aromatic heterocycles. The summed E-state index contributed by atoms with van der Waals surface area (Å²) in [6.07, 6.45) is 0.609. The summed E-state index contributed by atoms with van der Waals surface area (Å²) in [5, 5.41) is 0. The fourth-order valence-electron chi connectivity index (χ4n) is 1.64. The first-order valence-corrected chi connectivity index (χ1v) is 6.08. The number of furan rings is 1. The Kier molecular flexibility index (Phi) is 4.00. The van der Waals surface area contributed by atoms with Gasteiger partial charge in [0.15, 0.2) is 12.0 Å². The average Bonchev–Trinajstić information content (AvgIpc) is 2.85. The first-order valence-electron chi connectivity index (χ1n) is 6.08. The molecule has 0 atom stereocenters. The molecule has 0 radical (unpaired) electrons. The van der Waals surface area contributed by atoms with Crippen molar-refractivity contribution in [1.82, 2.24) is 0 Å². The molecule has 0 bridgehead atoms. The van der Waals surface area contributed by atoms with E-state index in [2.05, 4.69) is 0 Å². The van der Waals surface area contributed by atoms with Gasteiger partial charge >= 0.3 is 0 Å². The molecule has 0 fully saturated rings. The largest absolute Gasteiger partial charge is 0.493 e. The number of carbonyl (C=O) groups excluding carboxylic acids is 1. The van der Waals surface area contributed by atoms with E-state index >= 15 is 0 Å². The fourth-order valence-corrected chi connectivity index (χ4v) is 1.64. The van der Waals surface area contributed by atoms with Gasteiger partial charge in [-0.25, -0.2) is 4.39 Å². The third-order valence-electron chi connectivity index (χ3n) is 2.52. The van der Waals surface area contributed by atoms with Gasteiger partial charge in [0.25, 0.3) is 0 Å². The Balaban J connectivity index is 2.36. The first-order chi connectivity index (χ1) is 9.10. The summed E-state index contributed by atoms with van der Waals surface area (Å²) in [6.45, 7) is 4.58. The second-order valence-electron chi connectivity index (χ2n) is 4.67. The number of hydrogen-bond donors (Lipinski definition) is 0. The van der Waals surface area contributed by atoms with Crippen LogP contribution in [0, 0.1) is 11.7 Å². The number of ether oxygens (including phenoxy) is 1. The predicted octanol–water partition coefficient (Wildman–Crippen LogP) is 3.93. The van der Waals surface area contributed by atoms with Crippen LogP contribution in [0.5, 0.6) is 5.75 Å². The van der Waals surface area contributed by atoms with Gasteiger partial charge in [-0.1, -0.05) is 13.8 Å². The molecular weight excluding hydrogens is 247 g/mol. The van der Waals surface area contributed by atoms with E-state index in [1.165, 1.54) is 12.1 Å². The lowest BCUT2D eigenvalue weighted by molar-refractivity contribution is 0.110. The minimum atomic E-state index is -0.379. The van der Waals surface area contributed by atoms with Gasteiger partial charge in [0.2, 0.25) is 0 Å². The summed E-state index contributed by atoms with van der Waals surface area (Å²) in [7, 11) is 0. The molecule has 0 unspecified atom stereocenters. The lowest BCUT2D eigenvalue weighted by Crippen LogP contribution is -2.05. The SMILES string of the molecule is CC(C)COc1ccc(F)cc1-c1ccc(C=O)o1. The maximum atomic E-state index is 13.4. The van der Waals surface area contributed by atoms with Gasteiger partial charge in [0.1, 0.15) is 17.3 Å². The smallest absolute Gasteiger partial charge is 0.185 e. The molecule has 2 rings (SSSR count). The van der Waals surface area contributed by atoms with Crippen LogP contribution in [0.25, 0.3) is 11.3 Å². The van der Waals surface area contributed by atoms with E-state index in [0.717, 1.165) is 0 Å². The van der Waals surface area contributed by atoms with Gasteiger partial charge in [0.05, 0.1) is 12.2 Å². The molecule has 0 aliphatic heterocycles. The van der Waals surface area contributed by atoms with Crippen LogP contribution in [0.4, 0.5) is 4.39 Å². The molecule has 19 heavy (non-hydrogen) atoms. The number of carbonyl (C=O) groups is 1. The Morgan fingerprint density at radius 1 is 1.32 bits per heavy atom. The third kappa shape index (κ3) is 3.22. The number of halogens is 1. The Morgan fingerprint density at radius 2 is 2.11 bits per heavy atom. The van der Waals surface area contributed by atoms with Crippen LogP contribution in [0.1, 0.15) is 24.4 Å². The van der Waals surface area contributed by atoms with Gasteiger partial charge in [-0.05, 0) is 36.2 Å². The summed E-state index contributed by atoms with van der Waals surface area (Å²) in [4.78, 5) is 10.6. The lowest BCUT2D eigenvalue weighted by atomic mass is 10.1. The second kappa shape index (κ2) is 5.69. The van der Waals surface area contributed by atoms with E-state index in [-0.39, 0.29) is 11.6 Å². The van der Waals surface area contributed by atoms with Crippen molar-refractivity contribution in [2.75, 3.05) is 6.61 Å². The zero-order valence-electron chi connectivity index (χ0n) is 10.9. The van der Waals surface area contributed by atoms with Gasteiger partial charge in [-0.2, -0.15) is 0 Å². The van der Waals surface area contributed by atoms with Gasteiger partial charge in [-0.15, -0.1) is 0 Å². The molecule has 1 aromatic carbocycles. The third-order valence-corrected chi connectivity index (χ3v) is 2.52. The normalized spacial score (nSPS) is 10.7. The molecular formula is C15H15FO3. The Hall–Kier alpha value is -2.10. The van der Waals surface area contributed by atoms with Crippen LogP contribution in [0.15, 0.2) is 34.7 Å². The molecule has 0 spiro atoms. The summed E-state index contributed by atoms with van der Waals surface area (Å²) in [6, 6.07) is 7.40. The van der Waals surface area contributed by atoms with Gasteiger partial charge in [-0.3, -0.25) is 4.79 Å². The lowest BCUT2D eigenvalue weighted by Gasteiger charge is -2.12. The van der Waals surface area contributed by atoms with Crippen LogP contribution < -0.4 is 4.74 Å². The van der Waals surface area contributed by atoms with E-state index in [1.807, 2.05) is 13.8 Å². The first kappa shape index (κ1) is 13.3. The van der Waals surface area contributed by atoms with Crippen molar-refractivity contribution in [3.8, 4) is 17.1 Å². The number of rotatable bonds is 5. The van der Waals surface area contributed by atoms with Gasteiger partial charge < -0.3 is 9.15 Å². The highest BCUT2D eigenvalue weighted by Gasteiger charge is 2.12. The standard InChI is InChI=1S/C15H15FO3/c1-10(2)9-18-14-5-3-11(16)7-13(14)15-6-4-12(8-17)19-15/h3-8,10H,9H2,1-2H3. The Morgan fingerprint density at radius 3 is 2.74 bits per heavy atom. The van der Waals surface area contributed by atoms with E-state index in [0.29, 0.717) is 35.9 Å². The molecule has 2 aromatic rings. The maximum Gasteiger partial charge on any atom is 0.185 e. The highest BCUT2D eigenvalue weighted by molar-refractivity contribution is 5.74. The fraction of sp³-hybridized carbons (Fsp3) is 0.267. The van der Waals surface area contributed by atoms with Crippen LogP contribution >= 0.6 is 0 Å². The molecule has 0 N–H and O–H groups in total. The maximum absolute atomic E-state index is 13.4. The summed E-state index contributed by atoms with van der Waals surface area (Å²) in [5.74, 6) is 1.15. The van der Waals surface area contributed by atoms with Crippen molar-refractivity contribution in [3.05, 3.63) is 41.9 Å². The van der Waals surface area contributed by atoms with Crippen LogP contribution in [0.2, 0.25) is 0 Å². The number of hydrogen-bond acceptors (Lipinski definition) is 3. The zero-order valence-corrected chi connectivity index (χ0v) is 10.9. The van der Waals surface area contributed by atoms with Crippen LogP contribution in [-0.2, 0) is 0 Å². The predicted molar refractivity (Wildman–Crippen MR) is 69.8 cm³/mol. The Bertz CT molecular complexity index is 573. The molecule has 0 aliphatic carbocycles. The van der Waals surface area contributed by atoms with Crippen molar-refractivity contribution in [3.63, 3.8) is 0 Å². The molecule has 0 saturated heterocycles. The van der Waals surface area contributed by atoms with Crippen molar-refractivity contribution >= 4 is 6.29 Å². The minimum Gasteiger partial charge on any atom is -0.493 e. The molecule has 0 aliphatic rings. The minimum absolute atomic E-state index is 0.203. The van der Waals surface area contributed by atoms with Crippen molar-refractivity contribution in [2.45, 2.75) is 13.8 Å². The molecule has 0 amide bonds. The second-order valence-corrected chi connectivity index (χ2v) is 4.67. The topological polar surface area (TPSA) is 39.4 Å². The van der Waals surface area contributed by atoms with E-state index < -0.39 is 0 Å². The van der Waals surface area contributed by atoms with E-state index in [1.54, 1.807) is 18.2 Å². The van der Waals surface area contributed by atoms with Crippen molar-refractivity contribution in [1.29, 1.82) is 0 Å². The van der Waals surface area contributed by atoms with E-state index in [9.17, 15) is 9.18 Å². The molecule has 1 heterocycles. The van der Waals surface area contributed by atoms with Crippen molar-refractivity contribution in [2.24, 2.45) is 5.92 Å². The van der Waals surface area contributed by atoms with E-state index in [4.69, 9.17) is 9.15 Å². The van der Waals surface area contributed by atoms with Crippen molar-refractivity contribution < 1.29 is 18.3 Å².